The van der Waals surface area contributed by atoms with E-state index < -0.39 is 6.10 Å². The molecule has 0 aliphatic rings. The first-order valence-electron chi connectivity index (χ1n) is 8.80. The fourth-order valence-corrected chi connectivity index (χ4v) is 2.84. The van der Waals surface area contributed by atoms with E-state index in [0.29, 0.717) is 12.3 Å². The van der Waals surface area contributed by atoms with Gasteiger partial charge in [0.15, 0.2) is 6.10 Å². The SMILES string of the molecule is C[C@H](Oc1cccc2ccccc12)C(=O)NCCCc1ccc(F)cc1. The first-order chi connectivity index (χ1) is 12.6. The lowest BCUT2D eigenvalue weighted by atomic mass is 10.1. The summed E-state index contributed by atoms with van der Waals surface area (Å²) in [4.78, 5) is 12.3. The third-order valence-electron chi connectivity index (χ3n) is 4.28. The zero-order chi connectivity index (χ0) is 18.4. The van der Waals surface area contributed by atoms with Crippen molar-refractivity contribution in [2.24, 2.45) is 0 Å². The van der Waals surface area contributed by atoms with Gasteiger partial charge >= 0.3 is 0 Å². The van der Waals surface area contributed by atoms with Gasteiger partial charge in [-0.25, -0.2) is 4.39 Å². The van der Waals surface area contributed by atoms with E-state index in [1.807, 2.05) is 42.5 Å². The van der Waals surface area contributed by atoms with Crippen molar-refractivity contribution in [1.82, 2.24) is 5.32 Å². The standard InChI is InChI=1S/C22H22FNO2/c1-16(26-21-10-4-8-18-7-2-3-9-20(18)21)22(25)24-15-5-6-17-11-13-19(23)14-12-17/h2-4,7-14,16H,5-6,15H2,1H3,(H,24,25)/t16-/m0/s1. The molecule has 134 valence electrons. The van der Waals surface area contributed by atoms with Crippen LogP contribution < -0.4 is 10.1 Å². The van der Waals surface area contributed by atoms with Crippen LogP contribution in [0.2, 0.25) is 0 Å². The van der Waals surface area contributed by atoms with Crippen LogP contribution in [0.3, 0.4) is 0 Å². The molecule has 0 aliphatic heterocycles. The third kappa shape index (κ3) is 4.60. The van der Waals surface area contributed by atoms with Crippen molar-refractivity contribution in [3.63, 3.8) is 0 Å². The van der Waals surface area contributed by atoms with Crippen LogP contribution in [-0.2, 0) is 11.2 Å². The summed E-state index contributed by atoms with van der Waals surface area (Å²) >= 11 is 0. The second-order valence-corrected chi connectivity index (χ2v) is 6.26. The average Bonchev–Trinajstić information content (AvgIpc) is 2.66. The van der Waals surface area contributed by atoms with Gasteiger partial charge in [0, 0.05) is 11.9 Å². The van der Waals surface area contributed by atoms with Gasteiger partial charge in [-0.3, -0.25) is 4.79 Å². The van der Waals surface area contributed by atoms with Crippen molar-refractivity contribution in [3.05, 3.63) is 78.1 Å². The first-order valence-corrected chi connectivity index (χ1v) is 8.80. The highest BCUT2D eigenvalue weighted by molar-refractivity contribution is 5.89. The molecule has 0 fully saturated rings. The van der Waals surface area contributed by atoms with Gasteiger partial charge in [-0.1, -0.05) is 48.5 Å². The molecule has 0 radical (unpaired) electrons. The van der Waals surface area contributed by atoms with E-state index in [1.54, 1.807) is 19.1 Å². The molecule has 0 bridgehead atoms. The summed E-state index contributed by atoms with van der Waals surface area (Å²) in [5.74, 6) is 0.329. The van der Waals surface area contributed by atoms with Crippen LogP contribution in [0, 0.1) is 5.82 Å². The molecule has 3 aromatic rings. The Morgan fingerprint density at radius 3 is 2.58 bits per heavy atom. The topological polar surface area (TPSA) is 38.3 Å². The molecule has 1 N–H and O–H groups in total. The molecule has 0 aliphatic carbocycles. The van der Waals surface area contributed by atoms with Crippen molar-refractivity contribution in [2.45, 2.75) is 25.9 Å². The first kappa shape index (κ1) is 17.9. The number of rotatable bonds is 7. The lowest BCUT2D eigenvalue weighted by Crippen LogP contribution is -2.37. The van der Waals surface area contributed by atoms with Gasteiger partial charge in [0.25, 0.3) is 5.91 Å². The van der Waals surface area contributed by atoms with Gasteiger partial charge in [0.2, 0.25) is 0 Å². The van der Waals surface area contributed by atoms with Crippen LogP contribution in [0.1, 0.15) is 18.9 Å². The van der Waals surface area contributed by atoms with Crippen LogP contribution in [0.4, 0.5) is 4.39 Å². The normalized spacial score (nSPS) is 11.9. The zero-order valence-corrected chi connectivity index (χ0v) is 14.7. The summed E-state index contributed by atoms with van der Waals surface area (Å²) < 4.78 is 18.7. The van der Waals surface area contributed by atoms with Gasteiger partial charge < -0.3 is 10.1 Å². The van der Waals surface area contributed by atoms with E-state index in [0.717, 1.165) is 29.2 Å². The summed E-state index contributed by atoms with van der Waals surface area (Å²) in [5, 5.41) is 4.97. The monoisotopic (exact) mass is 351 g/mol. The molecular formula is C22H22FNO2. The summed E-state index contributed by atoms with van der Waals surface area (Å²) in [5.41, 5.74) is 1.06. The van der Waals surface area contributed by atoms with Gasteiger partial charge in [-0.05, 0) is 48.9 Å². The number of hydrogen-bond donors (Lipinski definition) is 1. The number of nitrogens with one attached hydrogen (secondary N) is 1. The minimum absolute atomic E-state index is 0.142. The summed E-state index contributed by atoms with van der Waals surface area (Å²) in [7, 11) is 0. The molecule has 3 nitrogen and oxygen atoms in total. The molecule has 0 spiro atoms. The van der Waals surface area contributed by atoms with Gasteiger partial charge in [0.1, 0.15) is 11.6 Å². The Bertz CT molecular complexity index is 871. The Kier molecular flexibility index (Phi) is 5.84. The molecule has 0 saturated carbocycles. The minimum atomic E-state index is -0.577. The molecular weight excluding hydrogens is 329 g/mol. The maximum Gasteiger partial charge on any atom is 0.260 e. The highest BCUT2D eigenvalue weighted by Crippen LogP contribution is 2.26. The Labute approximate surface area is 152 Å². The number of aryl methyl sites for hydroxylation is 1. The highest BCUT2D eigenvalue weighted by Gasteiger charge is 2.15. The molecule has 0 saturated heterocycles. The van der Waals surface area contributed by atoms with Gasteiger partial charge in [-0.2, -0.15) is 0 Å². The van der Waals surface area contributed by atoms with E-state index in [1.165, 1.54) is 12.1 Å². The predicted octanol–water partition coefficient (Wildman–Crippen LogP) is 4.50. The molecule has 4 heteroatoms. The maximum atomic E-state index is 12.9. The fraction of sp³-hybridized carbons (Fsp3) is 0.227. The number of fused-ring (bicyclic) bond motifs is 1. The molecule has 0 heterocycles. The Hall–Kier alpha value is -2.88. The lowest BCUT2D eigenvalue weighted by molar-refractivity contribution is -0.127. The van der Waals surface area contributed by atoms with Crippen LogP contribution in [-0.4, -0.2) is 18.6 Å². The van der Waals surface area contributed by atoms with Crippen molar-refractivity contribution >= 4 is 16.7 Å². The molecule has 1 atom stereocenters. The Morgan fingerprint density at radius 2 is 1.77 bits per heavy atom. The van der Waals surface area contributed by atoms with Crippen LogP contribution in [0.15, 0.2) is 66.7 Å². The Morgan fingerprint density at radius 1 is 1.04 bits per heavy atom. The molecule has 0 aromatic heterocycles. The van der Waals surface area contributed by atoms with Crippen molar-refractivity contribution in [3.8, 4) is 5.75 Å². The largest absolute Gasteiger partial charge is 0.480 e. The number of ether oxygens (including phenoxy) is 1. The number of carbonyl (C=O) groups excluding carboxylic acids is 1. The zero-order valence-electron chi connectivity index (χ0n) is 14.7. The van der Waals surface area contributed by atoms with Gasteiger partial charge in [0.05, 0.1) is 0 Å². The van der Waals surface area contributed by atoms with Crippen molar-refractivity contribution < 1.29 is 13.9 Å². The third-order valence-corrected chi connectivity index (χ3v) is 4.28. The van der Waals surface area contributed by atoms with Crippen molar-refractivity contribution in [2.75, 3.05) is 6.54 Å². The Balaban J connectivity index is 1.49. The summed E-state index contributed by atoms with van der Waals surface area (Å²) in [6, 6.07) is 20.2. The van der Waals surface area contributed by atoms with E-state index in [4.69, 9.17) is 4.74 Å². The van der Waals surface area contributed by atoms with Crippen LogP contribution in [0.5, 0.6) is 5.75 Å². The predicted molar refractivity (Wildman–Crippen MR) is 102 cm³/mol. The second kappa shape index (κ2) is 8.48. The van der Waals surface area contributed by atoms with Gasteiger partial charge in [-0.15, -0.1) is 0 Å². The number of hydrogen-bond acceptors (Lipinski definition) is 2. The van der Waals surface area contributed by atoms with Crippen LogP contribution in [0.25, 0.3) is 10.8 Å². The minimum Gasteiger partial charge on any atom is -0.480 e. The molecule has 0 unspecified atom stereocenters. The number of amides is 1. The van der Waals surface area contributed by atoms with Crippen molar-refractivity contribution in [1.29, 1.82) is 0 Å². The number of carbonyl (C=O) groups is 1. The van der Waals surface area contributed by atoms with E-state index in [2.05, 4.69) is 5.32 Å². The number of benzene rings is 3. The van der Waals surface area contributed by atoms with E-state index in [-0.39, 0.29) is 11.7 Å². The van der Waals surface area contributed by atoms with E-state index >= 15 is 0 Å². The summed E-state index contributed by atoms with van der Waals surface area (Å²) in [6.07, 6.45) is 1.00. The fourth-order valence-electron chi connectivity index (χ4n) is 2.84. The molecule has 26 heavy (non-hydrogen) atoms. The highest BCUT2D eigenvalue weighted by atomic mass is 19.1. The molecule has 3 aromatic carbocycles. The molecule has 3 rings (SSSR count). The smallest absolute Gasteiger partial charge is 0.260 e. The van der Waals surface area contributed by atoms with E-state index in [9.17, 15) is 9.18 Å². The maximum absolute atomic E-state index is 12.9. The molecule has 1 amide bonds. The summed E-state index contributed by atoms with van der Waals surface area (Å²) in [6.45, 7) is 2.30. The lowest BCUT2D eigenvalue weighted by Gasteiger charge is -2.16. The second-order valence-electron chi connectivity index (χ2n) is 6.26. The average molecular weight is 351 g/mol. The quantitative estimate of drug-likeness (QED) is 0.637. The van der Waals surface area contributed by atoms with Crippen LogP contribution >= 0.6 is 0 Å². The number of halogens is 1.